The number of amides is 3. The highest BCUT2D eigenvalue weighted by Gasteiger charge is 2.32. The molecule has 13 nitrogen and oxygen atoms in total. The maximum absolute atomic E-state index is 13.6. The van der Waals surface area contributed by atoms with Crippen molar-refractivity contribution in [2.45, 2.75) is 70.1 Å². The van der Waals surface area contributed by atoms with E-state index in [4.69, 9.17) is 17.2 Å². The Kier molecular flexibility index (Phi) is 13.9. The highest BCUT2D eigenvalue weighted by Crippen LogP contribution is 2.14. The Morgan fingerprint density at radius 3 is 2.00 bits per heavy atom. The molecular weight excluding hydrogens is 554 g/mol. The van der Waals surface area contributed by atoms with Crippen molar-refractivity contribution < 1.29 is 29.4 Å². The van der Waals surface area contributed by atoms with Gasteiger partial charge in [0.1, 0.15) is 23.9 Å². The minimum absolute atomic E-state index is 0.00706. The molecule has 0 bridgehead atoms. The van der Waals surface area contributed by atoms with Crippen LogP contribution in [0.5, 0.6) is 5.75 Å². The van der Waals surface area contributed by atoms with E-state index < -0.39 is 47.9 Å². The zero-order valence-corrected chi connectivity index (χ0v) is 24.5. The molecule has 0 aromatic heterocycles. The number of hydrogen-bond donors (Lipinski definition) is 8. The fourth-order valence-corrected chi connectivity index (χ4v) is 4.30. The predicted octanol–water partition coefficient (Wildman–Crippen LogP) is 0.143. The summed E-state index contributed by atoms with van der Waals surface area (Å²) in [5, 5.41) is 27.2. The first-order valence-electron chi connectivity index (χ1n) is 14.2. The van der Waals surface area contributed by atoms with Crippen molar-refractivity contribution in [2.24, 2.45) is 28.1 Å². The van der Waals surface area contributed by atoms with Crippen molar-refractivity contribution in [1.82, 2.24) is 16.0 Å². The number of guanidine groups is 1. The Labute approximate surface area is 251 Å². The molecule has 0 aliphatic heterocycles. The first-order valence-corrected chi connectivity index (χ1v) is 14.2. The van der Waals surface area contributed by atoms with E-state index in [1.54, 1.807) is 26.0 Å². The van der Waals surface area contributed by atoms with Gasteiger partial charge in [-0.25, -0.2) is 4.79 Å². The number of nitrogens with one attached hydrogen (secondary N) is 3. The van der Waals surface area contributed by atoms with E-state index >= 15 is 0 Å². The largest absolute Gasteiger partial charge is 0.508 e. The van der Waals surface area contributed by atoms with Crippen molar-refractivity contribution in [3.8, 4) is 5.75 Å². The van der Waals surface area contributed by atoms with Gasteiger partial charge in [0.25, 0.3) is 0 Å². The quantitative estimate of drug-likeness (QED) is 0.0702. The van der Waals surface area contributed by atoms with Gasteiger partial charge in [-0.05, 0) is 48.4 Å². The molecule has 2 aromatic rings. The monoisotopic (exact) mass is 597 g/mol. The minimum Gasteiger partial charge on any atom is -0.508 e. The van der Waals surface area contributed by atoms with Crippen LogP contribution >= 0.6 is 0 Å². The summed E-state index contributed by atoms with van der Waals surface area (Å²) in [5.41, 5.74) is 18.4. The number of nitrogens with zero attached hydrogens (tertiary/aromatic N) is 1. The molecule has 2 rings (SSSR count). The number of rotatable bonds is 17. The van der Waals surface area contributed by atoms with Crippen LogP contribution in [0, 0.1) is 5.92 Å². The third kappa shape index (κ3) is 12.0. The molecule has 0 aliphatic rings. The molecule has 0 saturated carbocycles. The molecule has 0 saturated heterocycles. The second kappa shape index (κ2) is 17.3. The van der Waals surface area contributed by atoms with Gasteiger partial charge in [-0.1, -0.05) is 62.7 Å². The van der Waals surface area contributed by atoms with E-state index in [0.29, 0.717) is 18.4 Å². The molecule has 5 atom stereocenters. The summed E-state index contributed by atoms with van der Waals surface area (Å²) in [6.07, 6.45) is 1.19. The standard InChI is InChI=1S/C30H43N7O6/c1-3-18(2)25(29(42)43)37-28(41)24(17-20-11-13-21(38)14-12-20)36-27(40)23(10-7-15-34-30(32)33)35-26(39)22(31)16-19-8-5-4-6-9-19/h4-6,8-9,11-14,18,22-25,38H,3,7,10,15-17,31H2,1-2H3,(H,35,39)(H,36,40)(H,37,41)(H,42,43)(H4,32,33,34). The number of phenolic OH excluding ortho intramolecular Hbond substituents is 1. The SMILES string of the molecule is CCC(C)C(NC(=O)C(Cc1ccc(O)cc1)NC(=O)C(CCCN=C(N)N)NC(=O)C(N)Cc1ccccc1)C(=O)O. The van der Waals surface area contributed by atoms with Crippen LogP contribution in [0.2, 0.25) is 0 Å². The summed E-state index contributed by atoms with van der Waals surface area (Å²) >= 11 is 0. The van der Waals surface area contributed by atoms with Gasteiger partial charge in [0, 0.05) is 13.0 Å². The Morgan fingerprint density at radius 2 is 1.42 bits per heavy atom. The van der Waals surface area contributed by atoms with Gasteiger partial charge >= 0.3 is 5.97 Å². The van der Waals surface area contributed by atoms with Gasteiger partial charge in [0.2, 0.25) is 17.7 Å². The highest BCUT2D eigenvalue weighted by molar-refractivity contribution is 5.94. The van der Waals surface area contributed by atoms with Crippen molar-refractivity contribution in [1.29, 1.82) is 0 Å². The smallest absolute Gasteiger partial charge is 0.326 e. The van der Waals surface area contributed by atoms with Crippen LogP contribution in [-0.2, 0) is 32.0 Å². The molecule has 5 unspecified atom stereocenters. The fourth-order valence-electron chi connectivity index (χ4n) is 4.30. The Bertz CT molecular complexity index is 1240. The molecule has 0 spiro atoms. The van der Waals surface area contributed by atoms with Crippen LogP contribution in [0.15, 0.2) is 59.6 Å². The average Bonchev–Trinajstić information content (AvgIpc) is 2.97. The van der Waals surface area contributed by atoms with Crippen molar-refractivity contribution >= 4 is 29.7 Å². The zero-order chi connectivity index (χ0) is 31.9. The third-order valence-corrected chi connectivity index (χ3v) is 7.00. The summed E-state index contributed by atoms with van der Waals surface area (Å²) in [4.78, 5) is 55.8. The van der Waals surface area contributed by atoms with Gasteiger partial charge < -0.3 is 43.4 Å². The number of benzene rings is 2. The van der Waals surface area contributed by atoms with Crippen molar-refractivity contribution in [3.63, 3.8) is 0 Å². The first-order chi connectivity index (χ1) is 20.4. The molecule has 0 heterocycles. The number of carboxylic acid groups (broad SMARTS) is 1. The van der Waals surface area contributed by atoms with E-state index in [2.05, 4.69) is 20.9 Å². The molecule has 43 heavy (non-hydrogen) atoms. The van der Waals surface area contributed by atoms with Crippen LogP contribution in [-0.4, -0.2) is 70.6 Å². The van der Waals surface area contributed by atoms with Crippen molar-refractivity contribution in [2.75, 3.05) is 6.54 Å². The Hall–Kier alpha value is -4.65. The summed E-state index contributed by atoms with van der Waals surface area (Å²) in [7, 11) is 0. The number of aliphatic carboxylic acids is 1. The molecular formula is C30H43N7O6. The maximum atomic E-state index is 13.6. The van der Waals surface area contributed by atoms with E-state index in [0.717, 1.165) is 5.56 Å². The lowest BCUT2D eigenvalue weighted by molar-refractivity contribution is -0.143. The van der Waals surface area contributed by atoms with E-state index in [-0.39, 0.29) is 43.4 Å². The van der Waals surface area contributed by atoms with Gasteiger partial charge in [-0.15, -0.1) is 0 Å². The minimum atomic E-state index is -1.20. The third-order valence-electron chi connectivity index (χ3n) is 7.00. The maximum Gasteiger partial charge on any atom is 0.326 e. The molecule has 234 valence electrons. The van der Waals surface area contributed by atoms with E-state index in [9.17, 15) is 29.4 Å². The number of phenols is 1. The number of aliphatic imine (C=N–C) groups is 1. The molecule has 13 heteroatoms. The summed E-state index contributed by atoms with van der Waals surface area (Å²) in [6.45, 7) is 3.71. The van der Waals surface area contributed by atoms with Gasteiger partial charge in [-0.2, -0.15) is 0 Å². The molecule has 3 amide bonds. The molecule has 11 N–H and O–H groups in total. The molecule has 0 aliphatic carbocycles. The normalized spacial score (nSPS) is 14.3. The van der Waals surface area contributed by atoms with Gasteiger partial charge in [-0.3, -0.25) is 19.4 Å². The molecule has 2 aromatic carbocycles. The lowest BCUT2D eigenvalue weighted by Crippen LogP contribution is -2.58. The topological polar surface area (TPSA) is 235 Å². The van der Waals surface area contributed by atoms with Crippen LogP contribution in [0.25, 0.3) is 0 Å². The van der Waals surface area contributed by atoms with Gasteiger partial charge in [0.05, 0.1) is 6.04 Å². The predicted molar refractivity (Wildman–Crippen MR) is 163 cm³/mol. The van der Waals surface area contributed by atoms with Crippen LogP contribution < -0.4 is 33.2 Å². The highest BCUT2D eigenvalue weighted by atomic mass is 16.4. The Morgan fingerprint density at radius 1 is 0.837 bits per heavy atom. The number of hydrogen-bond acceptors (Lipinski definition) is 7. The Balaban J connectivity index is 2.27. The average molecular weight is 598 g/mol. The summed E-state index contributed by atoms with van der Waals surface area (Å²) < 4.78 is 0. The van der Waals surface area contributed by atoms with E-state index in [1.165, 1.54) is 12.1 Å². The van der Waals surface area contributed by atoms with Crippen LogP contribution in [0.3, 0.4) is 0 Å². The van der Waals surface area contributed by atoms with Crippen molar-refractivity contribution in [3.05, 3.63) is 65.7 Å². The second-order valence-electron chi connectivity index (χ2n) is 10.4. The number of carbonyl (C=O) groups excluding carboxylic acids is 3. The molecule has 0 radical (unpaired) electrons. The number of carbonyl (C=O) groups is 4. The van der Waals surface area contributed by atoms with E-state index in [1.807, 2.05) is 30.3 Å². The zero-order valence-electron chi connectivity index (χ0n) is 24.5. The molecule has 0 fully saturated rings. The lowest BCUT2D eigenvalue weighted by Gasteiger charge is -2.26. The van der Waals surface area contributed by atoms with Crippen LogP contribution in [0.4, 0.5) is 0 Å². The lowest BCUT2D eigenvalue weighted by atomic mass is 9.98. The number of carboxylic acids is 1. The number of nitrogens with two attached hydrogens (primary N) is 3. The second-order valence-corrected chi connectivity index (χ2v) is 10.4. The van der Waals surface area contributed by atoms with Crippen LogP contribution in [0.1, 0.15) is 44.2 Å². The van der Waals surface area contributed by atoms with Gasteiger partial charge in [0.15, 0.2) is 5.96 Å². The summed E-state index contributed by atoms with van der Waals surface area (Å²) in [5.74, 6) is -3.61. The summed E-state index contributed by atoms with van der Waals surface area (Å²) in [6, 6.07) is 10.8. The fraction of sp³-hybridized carbons (Fsp3) is 0.433. The number of aromatic hydroxyl groups is 1. The first kappa shape index (κ1) is 34.6.